The summed E-state index contributed by atoms with van der Waals surface area (Å²) < 4.78 is 7.28. The summed E-state index contributed by atoms with van der Waals surface area (Å²) >= 11 is 1.48. The van der Waals surface area contributed by atoms with Crippen molar-refractivity contribution in [2.45, 2.75) is 57.6 Å². The van der Waals surface area contributed by atoms with Crippen LogP contribution in [0.4, 0.5) is 5.13 Å². The average molecular weight is 460 g/mol. The molecule has 2 aromatic heterocycles. The fourth-order valence-electron chi connectivity index (χ4n) is 5.29. The van der Waals surface area contributed by atoms with Gasteiger partial charge in [-0.15, -0.1) is 0 Å². The third-order valence-corrected chi connectivity index (χ3v) is 8.05. The number of benzene rings is 1. The van der Waals surface area contributed by atoms with Gasteiger partial charge in [-0.1, -0.05) is 43.7 Å². The van der Waals surface area contributed by atoms with Gasteiger partial charge in [0.25, 0.3) is 5.91 Å². The van der Waals surface area contributed by atoms with E-state index in [1.54, 1.807) is 17.3 Å². The Balaban J connectivity index is 1.49. The molecule has 4 heterocycles. The second-order valence-electron chi connectivity index (χ2n) is 9.40. The number of carbonyl (C=O) groups excluding carboxylic acids is 2. The van der Waals surface area contributed by atoms with Crippen LogP contribution in [0.25, 0.3) is 10.2 Å². The van der Waals surface area contributed by atoms with E-state index in [9.17, 15) is 9.59 Å². The third-order valence-electron chi connectivity index (χ3n) is 7.04. The van der Waals surface area contributed by atoms with Crippen molar-refractivity contribution in [2.75, 3.05) is 4.90 Å². The summed E-state index contributed by atoms with van der Waals surface area (Å²) in [6.07, 6.45) is 6.89. The number of nitrogens with zero attached hydrogens (tertiary/aromatic N) is 3. The molecule has 1 fully saturated rings. The van der Waals surface area contributed by atoms with Gasteiger partial charge >= 0.3 is 0 Å². The maximum Gasteiger partial charge on any atom is 0.296 e. The first kappa shape index (κ1) is 20.5. The average Bonchev–Trinajstić information content (AvgIpc) is 3.38. The van der Waals surface area contributed by atoms with Gasteiger partial charge in [0.2, 0.25) is 0 Å². The smallest absolute Gasteiger partial charge is 0.296 e. The van der Waals surface area contributed by atoms with Gasteiger partial charge in [0.1, 0.15) is 6.10 Å². The van der Waals surface area contributed by atoms with Crippen LogP contribution in [-0.4, -0.2) is 27.8 Å². The molecule has 3 aromatic rings. The SMILES string of the molecule is CC(C)c1ccc2nc(N3C(=O)C4=C(C(=O)C5CCCCC5O4)C3c3cccnc3)sc2c1. The maximum atomic E-state index is 13.7. The Morgan fingerprint density at radius 3 is 2.79 bits per heavy atom. The van der Waals surface area contributed by atoms with Crippen LogP contribution in [0.3, 0.4) is 0 Å². The van der Waals surface area contributed by atoms with E-state index in [0.29, 0.717) is 16.6 Å². The van der Waals surface area contributed by atoms with Gasteiger partial charge in [-0.3, -0.25) is 19.5 Å². The number of carbonyl (C=O) groups is 2. The minimum Gasteiger partial charge on any atom is -0.483 e. The fraction of sp³-hybridized carbons (Fsp3) is 0.385. The van der Waals surface area contributed by atoms with Crippen LogP contribution in [0, 0.1) is 5.92 Å². The highest BCUT2D eigenvalue weighted by Crippen LogP contribution is 2.49. The molecule has 33 heavy (non-hydrogen) atoms. The molecule has 6 rings (SSSR count). The molecule has 0 radical (unpaired) electrons. The molecule has 1 aliphatic carbocycles. The van der Waals surface area contributed by atoms with Crippen LogP contribution in [0.2, 0.25) is 0 Å². The van der Waals surface area contributed by atoms with Crippen molar-refractivity contribution in [2.24, 2.45) is 5.92 Å². The summed E-state index contributed by atoms with van der Waals surface area (Å²) in [5.41, 5.74) is 3.35. The molecule has 0 saturated heterocycles. The predicted molar refractivity (Wildman–Crippen MR) is 127 cm³/mol. The van der Waals surface area contributed by atoms with Crippen molar-refractivity contribution >= 4 is 38.4 Å². The Labute approximate surface area is 196 Å². The highest BCUT2D eigenvalue weighted by molar-refractivity contribution is 7.22. The Kier molecular flexibility index (Phi) is 4.83. The molecule has 1 aromatic carbocycles. The van der Waals surface area contributed by atoms with E-state index in [1.807, 2.05) is 18.2 Å². The summed E-state index contributed by atoms with van der Waals surface area (Å²) in [5.74, 6) is 0.209. The zero-order chi connectivity index (χ0) is 22.7. The number of anilines is 1. The van der Waals surface area contributed by atoms with Crippen molar-refractivity contribution in [1.82, 2.24) is 9.97 Å². The van der Waals surface area contributed by atoms with E-state index >= 15 is 0 Å². The number of aromatic nitrogens is 2. The molecule has 0 spiro atoms. The van der Waals surface area contributed by atoms with Gasteiger partial charge in [-0.25, -0.2) is 4.98 Å². The Bertz CT molecular complexity index is 1300. The van der Waals surface area contributed by atoms with Crippen LogP contribution >= 0.6 is 11.3 Å². The first-order chi connectivity index (χ1) is 16.0. The summed E-state index contributed by atoms with van der Waals surface area (Å²) in [4.78, 5) is 38.1. The van der Waals surface area contributed by atoms with Crippen molar-refractivity contribution < 1.29 is 14.3 Å². The number of ketones is 1. The number of fused-ring (bicyclic) bond motifs is 2. The molecular formula is C26H25N3O3S. The molecule has 3 aliphatic rings. The zero-order valence-electron chi connectivity index (χ0n) is 18.7. The van der Waals surface area contributed by atoms with Gasteiger partial charge in [-0.05, 0) is 54.5 Å². The standard InChI is InChI=1S/C26H25N3O3S/c1-14(2)15-9-10-18-20(12-15)33-26(28-18)29-22(16-6-5-11-27-13-16)21-23(30)17-7-3-4-8-19(17)32-24(21)25(29)31/h5-6,9-14,17,19,22H,3-4,7-8H2,1-2H3. The number of thiazole rings is 1. The first-order valence-electron chi connectivity index (χ1n) is 11.6. The van der Waals surface area contributed by atoms with Crippen molar-refractivity contribution in [3.8, 4) is 0 Å². The van der Waals surface area contributed by atoms with Gasteiger partial charge in [0.05, 0.1) is 27.7 Å². The molecular weight excluding hydrogens is 434 g/mol. The van der Waals surface area contributed by atoms with E-state index in [2.05, 4.69) is 31.0 Å². The highest BCUT2D eigenvalue weighted by atomic mass is 32.1. The lowest BCUT2D eigenvalue weighted by atomic mass is 9.78. The number of amides is 1. The topological polar surface area (TPSA) is 72.4 Å². The zero-order valence-corrected chi connectivity index (χ0v) is 19.5. The number of pyridine rings is 1. The molecule has 1 saturated carbocycles. The minimum atomic E-state index is -0.568. The summed E-state index contributed by atoms with van der Waals surface area (Å²) in [5, 5.41) is 0.582. The van der Waals surface area contributed by atoms with E-state index < -0.39 is 6.04 Å². The molecule has 0 N–H and O–H groups in total. The Morgan fingerprint density at radius 2 is 2.00 bits per heavy atom. The van der Waals surface area contributed by atoms with Gasteiger partial charge < -0.3 is 4.74 Å². The first-order valence-corrected chi connectivity index (χ1v) is 12.4. The Hall–Kier alpha value is -3.06. The molecule has 3 unspecified atom stereocenters. The van der Waals surface area contributed by atoms with Gasteiger partial charge in [-0.2, -0.15) is 0 Å². The minimum absolute atomic E-state index is 0.0499. The van der Waals surface area contributed by atoms with E-state index in [0.717, 1.165) is 41.5 Å². The van der Waals surface area contributed by atoms with Gasteiger partial charge in [0.15, 0.2) is 16.7 Å². The number of Topliss-reactive ketones (excluding diaryl/α,β-unsaturated/α-hetero) is 1. The molecule has 0 bridgehead atoms. The summed E-state index contributed by atoms with van der Waals surface area (Å²) in [6, 6.07) is 9.42. The predicted octanol–water partition coefficient (Wildman–Crippen LogP) is 5.31. The van der Waals surface area contributed by atoms with Crippen LogP contribution in [0.15, 0.2) is 54.1 Å². The van der Waals surface area contributed by atoms with E-state index in [4.69, 9.17) is 9.72 Å². The lowest BCUT2D eigenvalue weighted by molar-refractivity contribution is -0.131. The highest BCUT2D eigenvalue weighted by Gasteiger charge is 2.53. The van der Waals surface area contributed by atoms with Crippen LogP contribution in [0.5, 0.6) is 0 Å². The number of rotatable bonds is 3. The molecule has 2 aliphatic heterocycles. The van der Waals surface area contributed by atoms with Crippen molar-refractivity contribution in [1.29, 1.82) is 0 Å². The number of hydrogen-bond donors (Lipinski definition) is 0. The third kappa shape index (κ3) is 3.21. The van der Waals surface area contributed by atoms with Crippen LogP contribution in [-0.2, 0) is 14.3 Å². The van der Waals surface area contributed by atoms with E-state index in [-0.39, 0.29) is 29.5 Å². The molecule has 168 valence electrons. The maximum absolute atomic E-state index is 13.7. The molecule has 3 atom stereocenters. The number of ether oxygens (including phenoxy) is 1. The van der Waals surface area contributed by atoms with Crippen molar-refractivity contribution in [3.63, 3.8) is 0 Å². The molecule has 7 heteroatoms. The van der Waals surface area contributed by atoms with E-state index in [1.165, 1.54) is 16.9 Å². The lowest BCUT2D eigenvalue weighted by Crippen LogP contribution is -2.39. The quantitative estimate of drug-likeness (QED) is 0.530. The second kappa shape index (κ2) is 7.76. The monoisotopic (exact) mass is 459 g/mol. The Morgan fingerprint density at radius 1 is 1.15 bits per heavy atom. The second-order valence-corrected chi connectivity index (χ2v) is 10.4. The summed E-state index contributed by atoms with van der Waals surface area (Å²) in [6.45, 7) is 4.32. The number of hydrogen-bond acceptors (Lipinski definition) is 6. The normalized spacial score (nSPS) is 24.9. The van der Waals surface area contributed by atoms with Crippen LogP contribution < -0.4 is 4.90 Å². The molecule has 6 nitrogen and oxygen atoms in total. The fourth-order valence-corrected chi connectivity index (χ4v) is 6.33. The van der Waals surface area contributed by atoms with Gasteiger partial charge in [0, 0.05) is 12.4 Å². The molecule has 1 amide bonds. The largest absolute Gasteiger partial charge is 0.483 e. The van der Waals surface area contributed by atoms with Crippen molar-refractivity contribution in [3.05, 3.63) is 65.2 Å². The summed E-state index contributed by atoms with van der Waals surface area (Å²) in [7, 11) is 0. The lowest BCUT2D eigenvalue weighted by Gasteiger charge is -2.35. The van der Waals surface area contributed by atoms with Crippen LogP contribution in [0.1, 0.15) is 62.6 Å².